The molecule has 68 valence electrons. The summed E-state index contributed by atoms with van der Waals surface area (Å²) in [5.41, 5.74) is 0. The van der Waals surface area contributed by atoms with Crippen LogP contribution < -0.4 is 0 Å². The second-order valence-electron chi connectivity index (χ2n) is 4.03. The zero-order chi connectivity index (χ0) is 8.55. The van der Waals surface area contributed by atoms with E-state index in [9.17, 15) is 4.79 Å². The number of rotatable bonds is 2. The fourth-order valence-corrected chi connectivity index (χ4v) is 2.72. The molecule has 2 unspecified atom stereocenters. The molecule has 2 atom stereocenters. The van der Waals surface area contributed by atoms with E-state index in [-0.39, 0.29) is 0 Å². The van der Waals surface area contributed by atoms with Crippen LogP contribution in [0.25, 0.3) is 0 Å². The fourth-order valence-electron chi connectivity index (χ4n) is 2.72. The Morgan fingerprint density at radius 2 is 2.33 bits per heavy atom. The van der Waals surface area contributed by atoms with Crippen molar-refractivity contribution < 1.29 is 4.79 Å². The van der Waals surface area contributed by atoms with Crippen molar-refractivity contribution in [2.75, 3.05) is 13.1 Å². The van der Waals surface area contributed by atoms with Crippen molar-refractivity contribution in [2.24, 2.45) is 5.92 Å². The van der Waals surface area contributed by atoms with Gasteiger partial charge in [-0.05, 0) is 25.3 Å². The van der Waals surface area contributed by atoms with E-state index in [4.69, 9.17) is 0 Å². The lowest BCUT2D eigenvalue weighted by Crippen LogP contribution is -2.30. The Balaban J connectivity index is 2.04. The molecule has 2 aliphatic rings. The Morgan fingerprint density at radius 3 is 3.08 bits per heavy atom. The minimum Gasteiger partial charge on any atom is -0.298 e. The maximum atomic E-state index is 11.5. The summed E-state index contributed by atoms with van der Waals surface area (Å²) in [6.07, 6.45) is 4.53. The molecule has 2 nitrogen and oxygen atoms in total. The number of hydrogen-bond donors (Lipinski definition) is 0. The second kappa shape index (κ2) is 3.17. The monoisotopic (exact) mass is 167 g/mol. The van der Waals surface area contributed by atoms with Crippen molar-refractivity contribution in [3.8, 4) is 0 Å². The molecule has 0 aromatic rings. The molecule has 12 heavy (non-hydrogen) atoms. The molecular formula is C10H17NO. The minimum atomic E-state index is 0.324. The van der Waals surface area contributed by atoms with E-state index in [1.54, 1.807) is 0 Å². The lowest BCUT2D eigenvalue weighted by molar-refractivity contribution is -0.120. The van der Waals surface area contributed by atoms with Crippen molar-refractivity contribution >= 4 is 5.78 Å². The minimum absolute atomic E-state index is 0.324. The zero-order valence-electron chi connectivity index (χ0n) is 7.75. The maximum Gasteiger partial charge on any atom is 0.151 e. The highest BCUT2D eigenvalue weighted by Gasteiger charge is 2.41. The molecule has 0 aromatic heterocycles. The Morgan fingerprint density at radius 1 is 1.50 bits per heavy atom. The van der Waals surface area contributed by atoms with Crippen LogP contribution in [0.4, 0.5) is 0 Å². The van der Waals surface area contributed by atoms with Crippen LogP contribution in [0, 0.1) is 5.92 Å². The standard InChI is InChI=1S/C10H17NO/c1-2-3-8-4-6-11-7-5-9(12)10(8)11/h8,10H,2-7H2,1H3. The SMILES string of the molecule is CCCC1CCN2CCC(=O)C12. The van der Waals surface area contributed by atoms with E-state index in [1.807, 2.05) is 0 Å². The first-order chi connectivity index (χ1) is 5.83. The third kappa shape index (κ3) is 1.18. The van der Waals surface area contributed by atoms with Crippen molar-refractivity contribution in [1.29, 1.82) is 0 Å². The number of ketones is 1. The third-order valence-corrected chi connectivity index (χ3v) is 3.26. The van der Waals surface area contributed by atoms with Gasteiger partial charge in [-0.2, -0.15) is 0 Å². The summed E-state index contributed by atoms with van der Waals surface area (Å²) in [6.45, 7) is 4.41. The van der Waals surface area contributed by atoms with E-state index < -0.39 is 0 Å². The Bertz CT molecular complexity index is 188. The van der Waals surface area contributed by atoms with Crippen LogP contribution in [-0.4, -0.2) is 29.8 Å². The van der Waals surface area contributed by atoms with Crippen LogP contribution in [0.15, 0.2) is 0 Å². The quantitative estimate of drug-likeness (QED) is 0.620. The molecule has 0 saturated carbocycles. The largest absolute Gasteiger partial charge is 0.298 e. The smallest absolute Gasteiger partial charge is 0.151 e. The third-order valence-electron chi connectivity index (χ3n) is 3.26. The van der Waals surface area contributed by atoms with Gasteiger partial charge in [0.25, 0.3) is 0 Å². The van der Waals surface area contributed by atoms with Crippen LogP contribution >= 0.6 is 0 Å². The summed E-state index contributed by atoms with van der Waals surface area (Å²) in [7, 11) is 0. The highest BCUT2D eigenvalue weighted by atomic mass is 16.1. The first kappa shape index (κ1) is 8.24. The summed E-state index contributed by atoms with van der Waals surface area (Å²) in [6, 6.07) is 0.324. The van der Waals surface area contributed by atoms with E-state index in [1.165, 1.54) is 25.8 Å². The zero-order valence-corrected chi connectivity index (χ0v) is 7.75. The average molecular weight is 167 g/mol. The summed E-state index contributed by atoms with van der Waals surface area (Å²) >= 11 is 0. The second-order valence-corrected chi connectivity index (χ2v) is 4.03. The Kier molecular flexibility index (Phi) is 2.18. The van der Waals surface area contributed by atoms with E-state index in [2.05, 4.69) is 11.8 Å². The molecule has 0 bridgehead atoms. The lowest BCUT2D eigenvalue weighted by atomic mass is 9.93. The van der Waals surface area contributed by atoms with Gasteiger partial charge in [0.05, 0.1) is 6.04 Å². The van der Waals surface area contributed by atoms with Gasteiger partial charge in [0.15, 0.2) is 5.78 Å². The van der Waals surface area contributed by atoms with Gasteiger partial charge < -0.3 is 0 Å². The molecular weight excluding hydrogens is 150 g/mol. The summed E-state index contributed by atoms with van der Waals surface area (Å²) in [5, 5.41) is 0. The Labute approximate surface area is 73.9 Å². The molecule has 2 heteroatoms. The highest BCUT2D eigenvalue weighted by Crippen LogP contribution is 2.33. The molecule has 0 radical (unpaired) electrons. The predicted molar refractivity (Wildman–Crippen MR) is 48.0 cm³/mol. The lowest BCUT2D eigenvalue weighted by Gasteiger charge is -2.17. The van der Waals surface area contributed by atoms with Gasteiger partial charge in [-0.1, -0.05) is 13.3 Å². The molecule has 0 aromatic carbocycles. The fraction of sp³-hybridized carbons (Fsp3) is 0.900. The van der Waals surface area contributed by atoms with Crippen LogP contribution in [0.1, 0.15) is 32.6 Å². The first-order valence-electron chi connectivity index (χ1n) is 5.09. The van der Waals surface area contributed by atoms with Gasteiger partial charge in [-0.25, -0.2) is 0 Å². The van der Waals surface area contributed by atoms with Crippen LogP contribution in [0.2, 0.25) is 0 Å². The van der Waals surface area contributed by atoms with Crippen LogP contribution in [-0.2, 0) is 4.79 Å². The molecule has 0 amide bonds. The molecule has 0 spiro atoms. The number of Topliss-reactive ketones (excluding diaryl/α,β-unsaturated/α-hetero) is 1. The number of carbonyl (C=O) groups excluding carboxylic acids is 1. The van der Waals surface area contributed by atoms with Gasteiger partial charge in [-0.3, -0.25) is 9.69 Å². The molecule has 0 aliphatic carbocycles. The van der Waals surface area contributed by atoms with Crippen molar-refractivity contribution in [2.45, 2.75) is 38.6 Å². The van der Waals surface area contributed by atoms with Gasteiger partial charge in [-0.15, -0.1) is 0 Å². The highest BCUT2D eigenvalue weighted by molar-refractivity contribution is 5.86. The van der Waals surface area contributed by atoms with E-state index in [0.29, 0.717) is 17.7 Å². The van der Waals surface area contributed by atoms with Gasteiger partial charge in [0.2, 0.25) is 0 Å². The van der Waals surface area contributed by atoms with Gasteiger partial charge in [0.1, 0.15) is 0 Å². The van der Waals surface area contributed by atoms with Crippen LogP contribution in [0.3, 0.4) is 0 Å². The molecule has 2 aliphatic heterocycles. The van der Waals surface area contributed by atoms with Gasteiger partial charge in [0, 0.05) is 13.0 Å². The van der Waals surface area contributed by atoms with Gasteiger partial charge >= 0.3 is 0 Å². The summed E-state index contributed by atoms with van der Waals surface area (Å²) < 4.78 is 0. The number of hydrogen-bond acceptors (Lipinski definition) is 2. The maximum absolute atomic E-state index is 11.5. The first-order valence-corrected chi connectivity index (χ1v) is 5.09. The molecule has 2 heterocycles. The molecule has 2 fully saturated rings. The topological polar surface area (TPSA) is 20.3 Å². The number of carbonyl (C=O) groups is 1. The van der Waals surface area contributed by atoms with Crippen molar-refractivity contribution in [3.05, 3.63) is 0 Å². The van der Waals surface area contributed by atoms with Crippen LogP contribution in [0.5, 0.6) is 0 Å². The van der Waals surface area contributed by atoms with E-state index in [0.717, 1.165) is 13.0 Å². The normalized spacial score (nSPS) is 35.9. The molecule has 2 saturated heterocycles. The summed E-state index contributed by atoms with van der Waals surface area (Å²) in [4.78, 5) is 13.9. The Hall–Kier alpha value is -0.370. The summed E-state index contributed by atoms with van der Waals surface area (Å²) in [5.74, 6) is 1.19. The number of nitrogens with zero attached hydrogens (tertiary/aromatic N) is 1. The number of fused-ring (bicyclic) bond motifs is 1. The molecule has 0 N–H and O–H groups in total. The van der Waals surface area contributed by atoms with E-state index >= 15 is 0 Å². The van der Waals surface area contributed by atoms with Crippen molar-refractivity contribution in [1.82, 2.24) is 4.90 Å². The molecule has 2 rings (SSSR count). The van der Waals surface area contributed by atoms with Crippen molar-refractivity contribution in [3.63, 3.8) is 0 Å². The average Bonchev–Trinajstić information content (AvgIpc) is 2.58. The predicted octanol–water partition coefficient (Wildman–Crippen LogP) is 1.45.